The summed E-state index contributed by atoms with van der Waals surface area (Å²) in [5.41, 5.74) is 2.80. The van der Waals surface area contributed by atoms with E-state index < -0.39 is 0 Å². The molecule has 0 amide bonds. The lowest BCUT2D eigenvalue weighted by atomic mass is 9.91. The maximum atomic E-state index is 2.48. The van der Waals surface area contributed by atoms with Gasteiger partial charge in [-0.1, -0.05) is 32.0 Å². The monoisotopic (exact) mass is 306 g/mol. The van der Waals surface area contributed by atoms with Gasteiger partial charge in [-0.3, -0.25) is 0 Å². The minimum Gasteiger partial charge on any atom is -0.189 e. The van der Waals surface area contributed by atoms with Crippen LogP contribution in [-0.2, 0) is 5.54 Å². The molecular weight excluding hydrogens is 286 g/mol. The Morgan fingerprint density at radius 1 is 1.00 bits per heavy atom. The Morgan fingerprint density at radius 2 is 1.77 bits per heavy atom. The summed E-state index contributed by atoms with van der Waals surface area (Å²) in [4.78, 5) is 1.39. The number of thiophene rings is 1. The van der Waals surface area contributed by atoms with E-state index in [0.29, 0.717) is 0 Å². The third-order valence-corrected chi connectivity index (χ3v) is 6.20. The average molecular weight is 306 g/mol. The average Bonchev–Trinajstić information content (AvgIpc) is 2.89. The number of hydrogen-bond acceptors (Lipinski definition) is 1. The molecule has 0 unspecified atom stereocenters. The number of nitrogens with zero attached hydrogens (tertiary/aromatic N) is 1. The molecular formula is C20H20NS+. The Morgan fingerprint density at radius 3 is 2.59 bits per heavy atom. The minimum absolute atomic E-state index is 0.0798. The molecule has 2 heteroatoms. The largest absolute Gasteiger partial charge is 0.223 e. The first-order chi connectivity index (χ1) is 10.8. The molecule has 1 aliphatic rings. The number of hydrogen-bond donors (Lipinski definition) is 0. The fourth-order valence-corrected chi connectivity index (χ4v) is 4.80. The summed E-state index contributed by atoms with van der Waals surface area (Å²) in [6, 6.07) is 15.3. The summed E-state index contributed by atoms with van der Waals surface area (Å²) < 4.78 is 3.85. The Balaban J connectivity index is 2.11. The van der Waals surface area contributed by atoms with Gasteiger partial charge in [-0.2, -0.15) is 4.57 Å². The number of benzene rings is 1. The predicted molar refractivity (Wildman–Crippen MR) is 95.0 cm³/mol. The van der Waals surface area contributed by atoms with Gasteiger partial charge in [0.1, 0.15) is 4.88 Å². The van der Waals surface area contributed by atoms with Crippen molar-refractivity contribution >= 4 is 27.5 Å². The number of allylic oxidation sites excluding steroid dienone is 1. The number of rotatable bonds is 2. The van der Waals surface area contributed by atoms with Gasteiger partial charge in [-0.05, 0) is 24.3 Å². The summed E-state index contributed by atoms with van der Waals surface area (Å²) in [5, 5.41) is 1.37. The summed E-state index contributed by atoms with van der Waals surface area (Å²) in [5.74, 6) is 0. The van der Waals surface area contributed by atoms with Crippen LogP contribution in [0.2, 0.25) is 0 Å². The molecule has 4 rings (SSSR count). The zero-order valence-electron chi connectivity index (χ0n) is 13.0. The molecule has 0 N–H and O–H groups in total. The van der Waals surface area contributed by atoms with Crippen LogP contribution in [0.15, 0.2) is 54.7 Å². The quantitative estimate of drug-likeness (QED) is 0.558. The minimum atomic E-state index is 0.0798. The van der Waals surface area contributed by atoms with Gasteiger partial charge in [0.25, 0.3) is 0 Å². The number of aromatic nitrogens is 1. The highest BCUT2D eigenvalue weighted by Gasteiger charge is 2.38. The van der Waals surface area contributed by atoms with Crippen LogP contribution in [0.5, 0.6) is 0 Å². The van der Waals surface area contributed by atoms with E-state index in [1.165, 1.54) is 26.2 Å². The Bertz CT molecular complexity index is 868. The smallest absolute Gasteiger partial charge is 0.189 e. The summed E-state index contributed by atoms with van der Waals surface area (Å²) >= 11 is 1.91. The van der Waals surface area contributed by atoms with Crippen LogP contribution in [0, 0.1) is 0 Å². The maximum Gasteiger partial charge on any atom is 0.223 e. The summed E-state index contributed by atoms with van der Waals surface area (Å²) in [6.45, 7) is 4.57. The maximum absolute atomic E-state index is 2.48. The van der Waals surface area contributed by atoms with Gasteiger partial charge in [-0.25, -0.2) is 0 Å². The summed E-state index contributed by atoms with van der Waals surface area (Å²) in [6.07, 6.45) is 9.23. The van der Waals surface area contributed by atoms with Gasteiger partial charge in [0.05, 0.1) is 0 Å². The van der Waals surface area contributed by atoms with Crippen molar-refractivity contribution < 1.29 is 4.57 Å². The van der Waals surface area contributed by atoms with Crippen LogP contribution >= 0.6 is 11.3 Å². The zero-order valence-corrected chi connectivity index (χ0v) is 13.9. The van der Waals surface area contributed by atoms with Crippen molar-refractivity contribution in [3.63, 3.8) is 0 Å². The van der Waals surface area contributed by atoms with E-state index in [0.717, 1.165) is 12.8 Å². The Hall–Kier alpha value is -1.93. The molecule has 0 radical (unpaired) electrons. The standard InChI is InChI=1S/C20H20NS/c1-3-20(4-2)13-12-16-15-9-5-6-11-18(15)22-19(16)17-10-7-8-14-21(17)20/h5-14H,3-4H2,1-2H3/q+1. The first kappa shape index (κ1) is 13.7. The van der Waals surface area contributed by atoms with Crippen molar-refractivity contribution in [3.8, 4) is 10.6 Å². The van der Waals surface area contributed by atoms with Crippen LogP contribution in [0.1, 0.15) is 32.3 Å². The molecule has 0 aliphatic carbocycles. The first-order valence-electron chi connectivity index (χ1n) is 8.01. The highest BCUT2D eigenvalue weighted by atomic mass is 32.1. The van der Waals surface area contributed by atoms with Crippen molar-refractivity contribution in [3.05, 3.63) is 60.3 Å². The molecule has 1 aromatic carbocycles. The highest BCUT2D eigenvalue weighted by Crippen LogP contribution is 2.41. The lowest BCUT2D eigenvalue weighted by Gasteiger charge is -2.23. The third-order valence-electron chi connectivity index (χ3n) is 4.99. The molecule has 1 nitrogen and oxygen atoms in total. The SMILES string of the molecule is CCC1(CC)C=Cc2c(sc3ccccc23)-c2cccc[n+]21. The van der Waals surface area contributed by atoms with Gasteiger partial charge in [0.2, 0.25) is 5.69 Å². The van der Waals surface area contributed by atoms with Crippen molar-refractivity contribution in [2.75, 3.05) is 0 Å². The van der Waals surface area contributed by atoms with Crippen LogP contribution in [0.4, 0.5) is 0 Å². The number of fused-ring (bicyclic) bond motifs is 5. The third kappa shape index (κ3) is 1.80. The normalized spacial score (nSPS) is 15.4. The van der Waals surface area contributed by atoms with Gasteiger partial charge >= 0.3 is 0 Å². The molecule has 0 atom stereocenters. The first-order valence-corrected chi connectivity index (χ1v) is 8.83. The molecule has 110 valence electrons. The van der Waals surface area contributed by atoms with E-state index >= 15 is 0 Å². The van der Waals surface area contributed by atoms with Gasteiger partial charge < -0.3 is 0 Å². The Kier molecular flexibility index (Phi) is 3.16. The van der Waals surface area contributed by atoms with Crippen LogP contribution in [0.3, 0.4) is 0 Å². The lowest BCUT2D eigenvalue weighted by molar-refractivity contribution is -0.743. The molecule has 3 aromatic rings. The fourth-order valence-electron chi connectivity index (χ4n) is 3.58. The van der Waals surface area contributed by atoms with E-state index in [1.54, 1.807) is 0 Å². The molecule has 0 bridgehead atoms. The molecule has 0 spiro atoms. The van der Waals surface area contributed by atoms with Crippen molar-refractivity contribution in [2.45, 2.75) is 32.2 Å². The number of pyridine rings is 1. The van der Waals surface area contributed by atoms with Crippen LogP contribution in [-0.4, -0.2) is 0 Å². The predicted octanol–water partition coefficient (Wildman–Crippen LogP) is 5.40. The second kappa shape index (κ2) is 5.06. The van der Waals surface area contributed by atoms with Crippen LogP contribution < -0.4 is 4.57 Å². The molecule has 0 saturated heterocycles. The van der Waals surface area contributed by atoms with Crippen molar-refractivity contribution in [1.29, 1.82) is 0 Å². The molecule has 2 aromatic heterocycles. The molecule has 3 heterocycles. The van der Waals surface area contributed by atoms with Gasteiger partial charge in [-0.15, -0.1) is 11.3 Å². The van der Waals surface area contributed by atoms with Crippen molar-refractivity contribution in [1.82, 2.24) is 0 Å². The van der Waals surface area contributed by atoms with E-state index in [-0.39, 0.29) is 5.54 Å². The van der Waals surface area contributed by atoms with Gasteiger partial charge in [0.15, 0.2) is 11.7 Å². The van der Waals surface area contributed by atoms with Gasteiger partial charge in [0, 0.05) is 40.6 Å². The zero-order chi connectivity index (χ0) is 15.2. The fraction of sp³-hybridized carbons (Fsp3) is 0.250. The van der Waals surface area contributed by atoms with E-state index in [4.69, 9.17) is 0 Å². The lowest BCUT2D eigenvalue weighted by Crippen LogP contribution is -2.55. The van der Waals surface area contributed by atoms with Crippen molar-refractivity contribution in [2.24, 2.45) is 0 Å². The van der Waals surface area contributed by atoms with E-state index in [1.807, 2.05) is 11.3 Å². The highest BCUT2D eigenvalue weighted by molar-refractivity contribution is 7.22. The Labute approximate surface area is 135 Å². The second-order valence-electron chi connectivity index (χ2n) is 5.94. The molecule has 0 saturated carbocycles. The van der Waals surface area contributed by atoms with E-state index in [2.05, 4.69) is 79.2 Å². The second-order valence-corrected chi connectivity index (χ2v) is 6.99. The topological polar surface area (TPSA) is 3.88 Å². The molecule has 22 heavy (non-hydrogen) atoms. The summed E-state index contributed by atoms with van der Waals surface area (Å²) in [7, 11) is 0. The molecule has 1 aliphatic heterocycles. The molecule has 0 fully saturated rings. The van der Waals surface area contributed by atoms with E-state index in [9.17, 15) is 0 Å². The van der Waals surface area contributed by atoms with Crippen LogP contribution in [0.25, 0.3) is 26.7 Å².